The summed E-state index contributed by atoms with van der Waals surface area (Å²) in [5.41, 5.74) is 0.688. The predicted octanol–water partition coefficient (Wildman–Crippen LogP) is 3.21. The lowest BCUT2D eigenvalue weighted by molar-refractivity contribution is 1.54. The maximum atomic E-state index is 6.39. The Morgan fingerprint density at radius 1 is 0.889 bits per heavy atom. The zero-order chi connectivity index (χ0) is 12.8. The fourth-order valence-electron chi connectivity index (χ4n) is 2.37. The number of halogens is 1. The fourth-order valence-corrected chi connectivity index (χ4v) is 7.00. The van der Waals surface area contributed by atoms with Crippen LogP contribution in [0.5, 0.6) is 0 Å². The van der Waals surface area contributed by atoms with Crippen LogP contribution in [0, 0.1) is 0 Å². The standard InChI is InChI=1S/C16H17ClSi/c1-2-13-18(14-17,15-9-5-3-6-10-15)16-11-7-4-8-12-16/h2-12H,1,13-14H2. The van der Waals surface area contributed by atoms with Gasteiger partial charge in [-0.3, -0.25) is 0 Å². The predicted molar refractivity (Wildman–Crippen MR) is 83.6 cm³/mol. The SMILES string of the molecule is C=CC[Si](CCl)(c1ccccc1)c1ccccc1. The molecule has 0 amide bonds. The van der Waals surface area contributed by atoms with Gasteiger partial charge in [0.05, 0.1) is 0 Å². The van der Waals surface area contributed by atoms with Crippen LogP contribution >= 0.6 is 11.6 Å². The first-order valence-corrected chi connectivity index (χ1v) is 9.06. The van der Waals surface area contributed by atoms with Crippen molar-refractivity contribution in [3.05, 3.63) is 73.3 Å². The van der Waals surface area contributed by atoms with E-state index in [-0.39, 0.29) is 0 Å². The molecule has 0 bridgehead atoms. The molecule has 0 unspecified atom stereocenters. The van der Waals surface area contributed by atoms with Crippen LogP contribution in [0.1, 0.15) is 0 Å². The average molecular weight is 273 g/mol. The lowest BCUT2D eigenvalue weighted by Gasteiger charge is -2.29. The van der Waals surface area contributed by atoms with E-state index in [1.165, 1.54) is 10.4 Å². The molecule has 0 aliphatic rings. The molecular weight excluding hydrogens is 256 g/mol. The second kappa shape index (κ2) is 6.03. The van der Waals surface area contributed by atoms with Gasteiger partial charge in [0.15, 0.2) is 0 Å². The highest BCUT2D eigenvalue weighted by Crippen LogP contribution is 2.14. The van der Waals surface area contributed by atoms with E-state index >= 15 is 0 Å². The van der Waals surface area contributed by atoms with Crippen LogP contribution in [-0.2, 0) is 0 Å². The van der Waals surface area contributed by atoms with Crippen molar-refractivity contribution in [2.45, 2.75) is 6.04 Å². The highest BCUT2D eigenvalue weighted by molar-refractivity contribution is 7.05. The lowest BCUT2D eigenvalue weighted by Crippen LogP contribution is -2.60. The molecule has 0 atom stereocenters. The Hall–Kier alpha value is -1.31. The summed E-state index contributed by atoms with van der Waals surface area (Å²) < 4.78 is 0. The van der Waals surface area contributed by atoms with Crippen LogP contribution in [0.4, 0.5) is 0 Å². The molecule has 0 aromatic heterocycles. The van der Waals surface area contributed by atoms with E-state index in [0.717, 1.165) is 6.04 Å². The average Bonchev–Trinajstić information content (AvgIpc) is 2.47. The molecule has 18 heavy (non-hydrogen) atoms. The third kappa shape index (κ3) is 2.42. The van der Waals surface area contributed by atoms with Gasteiger partial charge >= 0.3 is 0 Å². The van der Waals surface area contributed by atoms with Gasteiger partial charge in [0.25, 0.3) is 0 Å². The third-order valence-corrected chi connectivity index (χ3v) is 9.06. The third-order valence-electron chi connectivity index (χ3n) is 3.37. The van der Waals surface area contributed by atoms with Crippen LogP contribution in [-0.4, -0.2) is 13.6 Å². The van der Waals surface area contributed by atoms with Gasteiger partial charge in [-0.2, -0.15) is 0 Å². The molecule has 0 heterocycles. The number of rotatable bonds is 5. The van der Waals surface area contributed by atoms with Gasteiger partial charge in [-0.05, 0) is 6.04 Å². The van der Waals surface area contributed by atoms with E-state index in [1.54, 1.807) is 0 Å². The first-order chi connectivity index (χ1) is 8.83. The van der Waals surface area contributed by atoms with Crippen LogP contribution in [0.3, 0.4) is 0 Å². The van der Waals surface area contributed by atoms with Crippen molar-refractivity contribution in [2.24, 2.45) is 0 Å². The summed E-state index contributed by atoms with van der Waals surface area (Å²) in [6, 6.07) is 22.2. The summed E-state index contributed by atoms with van der Waals surface area (Å²) in [6.45, 7) is 3.92. The van der Waals surface area contributed by atoms with Gasteiger partial charge < -0.3 is 0 Å². The topological polar surface area (TPSA) is 0 Å². The molecule has 0 N–H and O–H groups in total. The first-order valence-electron chi connectivity index (χ1n) is 6.11. The van der Waals surface area contributed by atoms with Crippen molar-refractivity contribution in [2.75, 3.05) is 5.50 Å². The molecule has 0 saturated carbocycles. The molecule has 0 radical (unpaired) electrons. The van der Waals surface area contributed by atoms with Gasteiger partial charge in [-0.1, -0.05) is 77.1 Å². The Labute approximate surface area is 115 Å². The number of alkyl halides is 1. The minimum atomic E-state index is -1.87. The number of benzene rings is 2. The van der Waals surface area contributed by atoms with Crippen molar-refractivity contribution >= 4 is 30.0 Å². The Kier molecular flexibility index (Phi) is 4.40. The van der Waals surface area contributed by atoms with Crippen LogP contribution in [0.25, 0.3) is 0 Å². The van der Waals surface area contributed by atoms with Crippen molar-refractivity contribution in [3.8, 4) is 0 Å². The zero-order valence-corrected chi connectivity index (χ0v) is 12.1. The molecule has 2 aromatic rings. The molecule has 0 spiro atoms. The first kappa shape index (κ1) is 13.1. The quantitative estimate of drug-likeness (QED) is 0.445. The summed E-state index contributed by atoms with van der Waals surface area (Å²) >= 11 is 6.39. The van der Waals surface area contributed by atoms with E-state index < -0.39 is 8.07 Å². The van der Waals surface area contributed by atoms with Gasteiger partial charge in [-0.15, -0.1) is 18.2 Å². The summed E-state index contributed by atoms with van der Waals surface area (Å²) in [4.78, 5) is 0. The van der Waals surface area contributed by atoms with Crippen molar-refractivity contribution in [1.82, 2.24) is 0 Å². The highest BCUT2D eigenvalue weighted by atomic mass is 35.5. The minimum Gasteiger partial charge on any atom is -0.129 e. The Morgan fingerprint density at radius 3 is 1.67 bits per heavy atom. The van der Waals surface area contributed by atoms with Gasteiger partial charge in [-0.25, -0.2) is 0 Å². The molecule has 0 saturated heterocycles. The van der Waals surface area contributed by atoms with Crippen molar-refractivity contribution in [1.29, 1.82) is 0 Å². The molecular formula is C16H17ClSi. The van der Waals surface area contributed by atoms with E-state index in [0.29, 0.717) is 5.50 Å². The molecule has 0 aliphatic heterocycles. The monoisotopic (exact) mass is 272 g/mol. The van der Waals surface area contributed by atoms with Crippen molar-refractivity contribution in [3.63, 3.8) is 0 Å². The van der Waals surface area contributed by atoms with Gasteiger partial charge in [0.2, 0.25) is 0 Å². The highest BCUT2D eigenvalue weighted by Gasteiger charge is 2.34. The second-order valence-electron chi connectivity index (χ2n) is 4.44. The normalized spacial score (nSPS) is 11.2. The van der Waals surface area contributed by atoms with E-state index in [1.807, 2.05) is 6.08 Å². The maximum absolute atomic E-state index is 6.39. The minimum absolute atomic E-state index is 0.688. The van der Waals surface area contributed by atoms with Crippen LogP contribution in [0.2, 0.25) is 6.04 Å². The number of hydrogen-bond acceptors (Lipinski definition) is 0. The Bertz CT molecular complexity index is 454. The van der Waals surface area contributed by atoms with Crippen molar-refractivity contribution < 1.29 is 0 Å². The van der Waals surface area contributed by atoms with Gasteiger partial charge in [0, 0.05) is 5.50 Å². The van der Waals surface area contributed by atoms with E-state index in [9.17, 15) is 0 Å². The number of hydrogen-bond donors (Lipinski definition) is 0. The molecule has 0 fully saturated rings. The number of allylic oxidation sites excluding steroid dienone is 1. The summed E-state index contributed by atoms with van der Waals surface area (Å²) in [5.74, 6) is 0. The van der Waals surface area contributed by atoms with E-state index in [2.05, 4.69) is 67.2 Å². The largest absolute Gasteiger partial charge is 0.136 e. The second-order valence-corrected chi connectivity index (χ2v) is 9.24. The molecule has 2 rings (SSSR count). The fraction of sp³-hybridized carbons (Fsp3) is 0.125. The smallest absolute Gasteiger partial charge is 0.129 e. The summed E-state index contributed by atoms with van der Waals surface area (Å²) in [7, 11) is -1.87. The Morgan fingerprint density at radius 2 is 1.33 bits per heavy atom. The van der Waals surface area contributed by atoms with Gasteiger partial charge in [0.1, 0.15) is 8.07 Å². The van der Waals surface area contributed by atoms with E-state index in [4.69, 9.17) is 11.6 Å². The molecule has 0 aliphatic carbocycles. The zero-order valence-electron chi connectivity index (χ0n) is 10.4. The molecule has 2 heteroatoms. The summed E-state index contributed by atoms with van der Waals surface area (Å²) in [6.07, 6.45) is 2.01. The maximum Gasteiger partial charge on any atom is 0.136 e. The Balaban J connectivity index is 2.57. The van der Waals surface area contributed by atoms with Crippen LogP contribution in [0.15, 0.2) is 73.3 Å². The lowest BCUT2D eigenvalue weighted by atomic mass is 10.4. The summed E-state index contributed by atoms with van der Waals surface area (Å²) in [5, 5.41) is 2.76. The molecule has 0 nitrogen and oxygen atoms in total. The van der Waals surface area contributed by atoms with Crippen LogP contribution < -0.4 is 10.4 Å². The molecule has 92 valence electrons. The molecule has 2 aromatic carbocycles.